The molecule has 18 heavy (non-hydrogen) atoms. The molecule has 1 heterocycles. The van der Waals surface area contributed by atoms with Crippen LogP contribution in [0.4, 0.5) is 0 Å². The molecule has 1 aromatic heterocycles. The number of thioether (sulfide) groups is 1. The molecule has 1 saturated carbocycles. The Morgan fingerprint density at radius 2 is 2.22 bits per heavy atom. The Balaban J connectivity index is 1.80. The molecular weight excluding hydrogens is 264 g/mol. The van der Waals surface area contributed by atoms with Crippen LogP contribution in [-0.4, -0.2) is 16.3 Å². The molecule has 0 saturated heterocycles. The van der Waals surface area contributed by atoms with Crippen LogP contribution < -0.4 is 0 Å². The minimum Gasteiger partial charge on any atom is -0.478 e. The minimum absolute atomic E-state index is 0.832. The topological polar surface area (TPSA) is 37.3 Å². The molecule has 0 aliphatic heterocycles. The highest BCUT2D eigenvalue weighted by atomic mass is 32.2. The van der Waals surface area contributed by atoms with Crippen LogP contribution in [0.25, 0.3) is 6.08 Å². The van der Waals surface area contributed by atoms with E-state index < -0.39 is 5.97 Å². The number of carboxylic acids is 1. The summed E-state index contributed by atoms with van der Waals surface area (Å²) in [5, 5.41) is 11.4. The Kier molecular flexibility index (Phi) is 5.32. The normalized spacial score (nSPS) is 17.3. The van der Waals surface area contributed by atoms with E-state index in [0.29, 0.717) is 0 Å². The first kappa shape index (κ1) is 13.7. The van der Waals surface area contributed by atoms with E-state index in [0.717, 1.165) is 16.6 Å². The Bertz CT molecular complexity index is 417. The van der Waals surface area contributed by atoms with E-state index in [1.807, 2.05) is 5.38 Å². The molecule has 1 fully saturated rings. The molecule has 2 nitrogen and oxygen atoms in total. The maximum atomic E-state index is 10.4. The summed E-state index contributed by atoms with van der Waals surface area (Å²) in [4.78, 5) is 11.8. The quantitative estimate of drug-likeness (QED) is 0.813. The van der Waals surface area contributed by atoms with Crippen molar-refractivity contribution < 1.29 is 9.90 Å². The third kappa shape index (κ3) is 4.50. The lowest BCUT2D eigenvalue weighted by molar-refractivity contribution is -0.131. The number of hydrogen-bond acceptors (Lipinski definition) is 3. The van der Waals surface area contributed by atoms with Gasteiger partial charge in [0.05, 0.1) is 0 Å². The molecule has 1 aliphatic carbocycles. The van der Waals surface area contributed by atoms with Gasteiger partial charge in [-0.1, -0.05) is 19.3 Å². The van der Waals surface area contributed by atoms with Crippen LogP contribution in [0.3, 0.4) is 0 Å². The fourth-order valence-corrected chi connectivity index (χ4v) is 4.42. The molecule has 0 aromatic carbocycles. The fourth-order valence-electron chi connectivity index (χ4n) is 2.16. The first-order valence-electron chi connectivity index (χ1n) is 6.34. The molecule has 4 heteroatoms. The van der Waals surface area contributed by atoms with E-state index in [1.54, 1.807) is 17.4 Å². The lowest BCUT2D eigenvalue weighted by atomic mass is 10.0. The number of carbonyl (C=O) groups is 1. The molecule has 0 bridgehead atoms. The van der Waals surface area contributed by atoms with Crippen LogP contribution in [0.15, 0.2) is 17.5 Å². The Labute approximate surface area is 116 Å². The second-order valence-electron chi connectivity index (χ2n) is 4.59. The van der Waals surface area contributed by atoms with Crippen molar-refractivity contribution in [2.75, 3.05) is 0 Å². The third-order valence-electron chi connectivity index (χ3n) is 3.11. The van der Waals surface area contributed by atoms with Crippen molar-refractivity contribution in [1.29, 1.82) is 0 Å². The van der Waals surface area contributed by atoms with Crippen molar-refractivity contribution >= 4 is 35.1 Å². The fraction of sp³-hybridized carbons (Fsp3) is 0.500. The predicted octanol–water partition coefficient (Wildman–Crippen LogP) is 4.41. The molecule has 0 unspecified atom stereocenters. The number of rotatable bonds is 5. The first-order chi connectivity index (χ1) is 8.74. The van der Waals surface area contributed by atoms with Crippen molar-refractivity contribution in [3.8, 4) is 0 Å². The maximum Gasteiger partial charge on any atom is 0.328 e. The Morgan fingerprint density at radius 1 is 1.44 bits per heavy atom. The number of carboxylic acid groups (broad SMARTS) is 1. The molecule has 0 spiro atoms. The molecule has 0 radical (unpaired) electrons. The number of hydrogen-bond donors (Lipinski definition) is 1. The van der Waals surface area contributed by atoms with Crippen LogP contribution in [-0.2, 0) is 10.5 Å². The van der Waals surface area contributed by atoms with Crippen molar-refractivity contribution in [3.63, 3.8) is 0 Å². The van der Waals surface area contributed by atoms with Crippen molar-refractivity contribution in [2.45, 2.75) is 43.1 Å². The minimum atomic E-state index is -0.890. The van der Waals surface area contributed by atoms with E-state index in [9.17, 15) is 4.79 Å². The monoisotopic (exact) mass is 282 g/mol. The second-order valence-corrected chi connectivity index (χ2v) is 6.87. The zero-order valence-corrected chi connectivity index (χ0v) is 11.9. The molecular formula is C14H18O2S2. The third-order valence-corrected chi connectivity index (χ3v) is 5.66. The van der Waals surface area contributed by atoms with Gasteiger partial charge in [-0.05, 0) is 35.9 Å². The number of thiophene rings is 1. The highest BCUT2D eigenvalue weighted by Gasteiger charge is 2.13. The van der Waals surface area contributed by atoms with Gasteiger partial charge in [0.1, 0.15) is 0 Å². The summed E-state index contributed by atoms with van der Waals surface area (Å²) >= 11 is 3.78. The summed E-state index contributed by atoms with van der Waals surface area (Å²) in [6.45, 7) is 0. The van der Waals surface area contributed by atoms with E-state index >= 15 is 0 Å². The summed E-state index contributed by atoms with van der Waals surface area (Å²) in [6.07, 6.45) is 9.75. The molecule has 1 N–H and O–H groups in total. The molecule has 0 amide bonds. The Hall–Kier alpha value is -0.740. The van der Waals surface area contributed by atoms with E-state index in [1.165, 1.54) is 43.1 Å². The van der Waals surface area contributed by atoms with Gasteiger partial charge in [-0.15, -0.1) is 11.3 Å². The summed E-state index contributed by atoms with van der Waals surface area (Å²) in [5.74, 6) is 0.176. The highest BCUT2D eigenvalue weighted by molar-refractivity contribution is 7.99. The van der Waals surface area contributed by atoms with Crippen LogP contribution in [0.1, 0.15) is 42.5 Å². The molecule has 1 aliphatic rings. The first-order valence-corrected chi connectivity index (χ1v) is 8.27. The predicted molar refractivity (Wildman–Crippen MR) is 79.2 cm³/mol. The largest absolute Gasteiger partial charge is 0.478 e. The molecule has 1 aromatic rings. The zero-order chi connectivity index (χ0) is 12.8. The lowest BCUT2D eigenvalue weighted by Gasteiger charge is -2.20. The van der Waals surface area contributed by atoms with Crippen molar-refractivity contribution in [1.82, 2.24) is 0 Å². The van der Waals surface area contributed by atoms with Crippen LogP contribution in [0.5, 0.6) is 0 Å². The average Bonchev–Trinajstić information content (AvgIpc) is 2.83. The Morgan fingerprint density at radius 3 is 2.94 bits per heavy atom. The van der Waals surface area contributed by atoms with Crippen LogP contribution in [0.2, 0.25) is 0 Å². The van der Waals surface area contributed by atoms with Crippen molar-refractivity contribution in [2.24, 2.45) is 0 Å². The summed E-state index contributed by atoms with van der Waals surface area (Å²) in [5.41, 5.74) is 1.00. The van der Waals surface area contributed by atoms with Crippen molar-refractivity contribution in [3.05, 3.63) is 28.0 Å². The van der Waals surface area contributed by atoms with Gasteiger partial charge in [0.15, 0.2) is 0 Å². The lowest BCUT2D eigenvalue weighted by Crippen LogP contribution is -2.07. The molecule has 98 valence electrons. The van der Waals surface area contributed by atoms with Gasteiger partial charge >= 0.3 is 5.97 Å². The SMILES string of the molecule is O=C(O)C=Cc1csc(CSC2CCCCC2)c1. The smallest absolute Gasteiger partial charge is 0.328 e. The van der Waals surface area contributed by atoms with Gasteiger partial charge in [0.2, 0.25) is 0 Å². The van der Waals surface area contributed by atoms with Gasteiger partial charge in [-0.2, -0.15) is 11.8 Å². The van der Waals surface area contributed by atoms with E-state index in [4.69, 9.17) is 5.11 Å². The van der Waals surface area contributed by atoms with Gasteiger partial charge in [0, 0.05) is 22.0 Å². The van der Waals surface area contributed by atoms with Crippen LogP contribution >= 0.6 is 23.1 Å². The summed E-state index contributed by atoms with van der Waals surface area (Å²) < 4.78 is 0. The maximum absolute atomic E-state index is 10.4. The summed E-state index contributed by atoms with van der Waals surface area (Å²) in [7, 11) is 0. The standard InChI is InChI=1S/C14H18O2S2/c15-14(16)7-6-11-8-13(17-9-11)10-18-12-4-2-1-3-5-12/h6-9,12H,1-5,10H2,(H,15,16). The molecule has 0 atom stereocenters. The number of aliphatic carboxylic acids is 1. The van der Waals surface area contributed by atoms with Gasteiger partial charge < -0.3 is 5.11 Å². The second kappa shape index (κ2) is 7.00. The zero-order valence-electron chi connectivity index (χ0n) is 10.3. The van der Waals surface area contributed by atoms with Crippen LogP contribution in [0, 0.1) is 0 Å². The highest BCUT2D eigenvalue weighted by Crippen LogP contribution is 2.32. The molecule has 2 rings (SSSR count). The van der Waals surface area contributed by atoms with Gasteiger partial charge in [-0.25, -0.2) is 4.79 Å². The van der Waals surface area contributed by atoms with Gasteiger partial charge in [-0.3, -0.25) is 0 Å². The average molecular weight is 282 g/mol. The summed E-state index contributed by atoms with van der Waals surface area (Å²) in [6, 6.07) is 2.10. The van der Waals surface area contributed by atoms with E-state index in [-0.39, 0.29) is 0 Å². The van der Waals surface area contributed by atoms with E-state index in [2.05, 4.69) is 17.8 Å². The van der Waals surface area contributed by atoms with Gasteiger partial charge in [0.25, 0.3) is 0 Å².